The first-order valence-corrected chi connectivity index (χ1v) is 24.7. The van der Waals surface area contributed by atoms with Crippen molar-refractivity contribution in [3.8, 4) is 0 Å². The molecule has 9 N–H and O–H groups in total. The number of carbonyl (C=O) groups is 1. The highest BCUT2D eigenvalue weighted by molar-refractivity contribution is 5.76. The Labute approximate surface area is 379 Å². The van der Waals surface area contributed by atoms with Crippen molar-refractivity contribution in [3.63, 3.8) is 0 Å². The number of unbranched alkanes of at least 4 members (excludes halogenated alkanes) is 20. The van der Waals surface area contributed by atoms with Crippen LogP contribution in [0.3, 0.4) is 0 Å². The standard InChI is InChI=1S/C49H89NO13/c1-3-5-7-9-11-13-14-15-16-17-18-19-20-21-22-23-24-25-27-29-31-33-41(54)50-37(38(53)32-30-28-26-12-10-8-6-4-2)36-60-48-46(59)44(57)47(40(35-52)62-48)63-49-45(58)43(56)42(55)39(34-51)61-49/h14-15,17-18,30,32,37-40,42-49,51-53,55-59H,3-13,16,19-29,31,33-36H2,1-2H3,(H,50,54)/b15-14-,18-17-,32-30+. The van der Waals surface area contributed by atoms with Crippen LogP contribution in [-0.2, 0) is 23.7 Å². The van der Waals surface area contributed by atoms with Crippen LogP contribution in [0.2, 0.25) is 0 Å². The summed E-state index contributed by atoms with van der Waals surface area (Å²) in [7, 11) is 0. The van der Waals surface area contributed by atoms with Crippen molar-refractivity contribution >= 4 is 5.91 Å². The number of rotatable bonds is 37. The van der Waals surface area contributed by atoms with Crippen LogP contribution >= 0.6 is 0 Å². The first kappa shape index (κ1) is 57.3. The molecule has 2 saturated heterocycles. The lowest BCUT2D eigenvalue weighted by Crippen LogP contribution is -2.65. The predicted octanol–water partition coefficient (Wildman–Crippen LogP) is 5.93. The normalized spacial score (nSPS) is 27.8. The molecule has 63 heavy (non-hydrogen) atoms. The highest BCUT2D eigenvalue weighted by Crippen LogP contribution is 2.30. The SMILES string of the molecule is CCCCCCC/C=C\C/C=C\CCCCCCCCCCCC(=O)NC(COC1OC(CO)C(OC2OC(CO)C(O)C(O)C2O)C(O)C1O)C(O)/C=C/CCCCCCCC. The summed E-state index contributed by atoms with van der Waals surface area (Å²) in [6, 6.07) is -0.913. The molecule has 12 atom stereocenters. The lowest BCUT2D eigenvalue weighted by Gasteiger charge is -2.46. The Hall–Kier alpha value is -1.79. The minimum absolute atomic E-state index is 0.249. The number of hydrogen-bond acceptors (Lipinski definition) is 13. The summed E-state index contributed by atoms with van der Waals surface area (Å²) >= 11 is 0. The van der Waals surface area contributed by atoms with Crippen molar-refractivity contribution in [2.75, 3.05) is 19.8 Å². The molecule has 14 heteroatoms. The lowest BCUT2D eigenvalue weighted by molar-refractivity contribution is -0.359. The average Bonchev–Trinajstić information content (AvgIpc) is 3.28. The minimum Gasteiger partial charge on any atom is -0.394 e. The Morgan fingerprint density at radius 2 is 1.05 bits per heavy atom. The number of allylic oxidation sites excluding steroid dienone is 5. The zero-order chi connectivity index (χ0) is 46.1. The highest BCUT2D eigenvalue weighted by atomic mass is 16.7. The number of ether oxygens (including phenoxy) is 4. The number of carbonyl (C=O) groups excluding carboxylic acids is 1. The van der Waals surface area contributed by atoms with E-state index in [1.54, 1.807) is 6.08 Å². The Balaban J connectivity index is 1.78. The number of hydrogen-bond donors (Lipinski definition) is 9. The highest BCUT2D eigenvalue weighted by Gasteiger charge is 2.51. The van der Waals surface area contributed by atoms with E-state index in [0.29, 0.717) is 6.42 Å². The molecule has 2 aliphatic rings. The summed E-state index contributed by atoms with van der Waals surface area (Å²) in [6.07, 6.45) is 23.5. The maximum atomic E-state index is 13.1. The van der Waals surface area contributed by atoms with Gasteiger partial charge in [0.2, 0.25) is 5.91 Å². The van der Waals surface area contributed by atoms with E-state index < -0.39 is 86.8 Å². The maximum absolute atomic E-state index is 13.1. The molecule has 0 radical (unpaired) electrons. The lowest BCUT2D eigenvalue weighted by atomic mass is 9.97. The zero-order valence-corrected chi connectivity index (χ0v) is 38.8. The summed E-state index contributed by atoms with van der Waals surface area (Å²) in [5, 5.41) is 86.4. The minimum atomic E-state index is -1.79. The van der Waals surface area contributed by atoms with E-state index in [1.807, 2.05) is 6.08 Å². The van der Waals surface area contributed by atoms with Gasteiger partial charge in [-0.05, 0) is 51.4 Å². The maximum Gasteiger partial charge on any atom is 0.220 e. The van der Waals surface area contributed by atoms with E-state index in [0.717, 1.165) is 57.8 Å². The van der Waals surface area contributed by atoms with Crippen LogP contribution in [0.5, 0.6) is 0 Å². The van der Waals surface area contributed by atoms with Gasteiger partial charge >= 0.3 is 0 Å². The second-order valence-corrected chi connectivity index (χ2v) is 17.6. The van der Waals surface area contributed by atoms with E-state index in [-0.39, 0.29) is 18.9 Å². The number of aliphatic hydroxyl groups is 8. The van der Waals surface area contributed by atoms with Crippen LogP contribution in [0.1, 0.15) is 174 Å². The number of nitrogens with one attached hydrogen (secondary N) is 1. The fourth-order valence-electron chi connectivity index (χ4n) is 7.97. The third-order valence-electron chi connectivity index (χ3n) is 12.1. The van der Waals surface area contributed by atoms with Gasteiger partial charge in [0.15, 0.2) is 12.6 Å². The molecular weight excluding hydrogens is 811 g/mol. The van der Waals surface area contributed by atoms with Crippen LogP contribution in [0.4, 0.5) is 0 Å². The van der Waals surface area contributed by atoms with Crippen LogP contribution in [-0.4, -0.2) is 140 Å². The van der Waals surface area contributed by atoms with Gasteiger partial charge in [0.05, 0.1) is 32.0 Å². The van der Waals surface area contributed by atoms with Gasteiger partial charge in [-0.2, -0.15) is 0 Å². The molecule has 0 saturated carbocycles. The zero-order valence-electron chi connectivity index (χ0n) is 38.8. The Morgan fingerprint density at radius 1 is 0.571 bits per heavy atom. The van der Waals surface area contributed by atoms with Gasteiger partial charge in [0.1, 0.15) is 48.8 Å². The summed E-state index contributed by atoms with van der Waals surface area (Å²) < 4.78 is 22.6. The molecule has 0 aromatic carbocycles. The molecule has 0 bridgehead atoms. The summed E-state index contributed by atoms with van der Waals surface area (Å²) in [4.78, 5) is 13.1. The molecule has 2 rings (SSSR count). The van der Waals surface area contributed by atoms with E-state index >= 15 is 0 Å². The fourth-order valence-corrected chi connectivity index (χ4v) is 7.97. The van der Waals surface area contributed by atoms with Crippen LogP contribution in [0.25, 0.3) is 0 Å². The summed E-state index contributed by atoms with van der Waals surface area (Å²) in [5.41, 5.74) is 0. The Kier molecular flexibility index (Phi) is 33.1. The van der Waals surface area contributed by atoms with Crippen molar-refractivity contribution in [1.82, 2.24) is 5.32 Å². The van der Waals surface area contributed by atoms with Gasteiger partial charge < -0.3 is 65.1 Å². The molecule has 0 spiro atoms. The summed E-state index contributed by atoms with van der Waals surface area (Å²) in [6.45, 7) is 2.71. The average molecular weight is 900 g/mol. The van der Waals surface area contributed by atoms with Gasteiger partial charge in [0.25, 0.3) is 0 Å². The van der Waals surface area contributed by atoms with E-state index in [2.05, 4.69) is 43.5 Å². The molecule has 0 aromatic heterocycles. The molecule has 2 fully saturated rings. The van der Waals surface area contributed by atoms with E-state index in [4.69, 9.17) is 18.9 Å². The van der Waals surface area contributed by atoms with E-state index in [1.165, 1.54) is 89.9 Å². The smallest absolute Gasteiger partial charge is 0.220 e. The van der Waals surface area contributed by atoms with Crippen molar-refractivity contribution in [2.45, 2.75) is 248 Å². The van der Waals surface area contributed by atoms with Gasteiger partial charge in [-0.3, -0.25) is 4.79 Å². The second kappa shape index (κ2) is 36.3. The van der Waals surface area contributed by atoms with Crippen molar-refractivity contribution < 1.29 is 64.6 Å². The monoisotopic (exact) mass is 900 g/mol. The molecule has 368 valence electrons. The number of aliphatic hydroxyl groups excluding tert-OH is 8. The van der Waals surface area contributed by atoms with Crippen LogP contribution in [0, 0.1) is 0 Å². The van der Waals surface area contributed by atoms with Crippen LogP contribution < -0.4 is 5.32 Å². The molecule has 12 unspecified atom stereocenters. The van der Waals surface area contributed by atoms with Gasteiger partial charge in [0, 0.05) is 6.42 Å². The third kappa shape index (κ3) is 24.0. The topological polar surface area (TPSA) is 228 Å². The molecule has 2 aliphatic heterocycles. The Bertz CT molecular complexity index is 1200. The summed E-state index contributed by atoms with van der Waals surface area (Å²) in [5.74, 6) is -0.249. The first-order valence-electron chi connectivity index (χ1n) is 24.7. The molecule has 1 amide bonds. The quantitative estimate of drug-likeness (QED) is 0.0261. The number of amides is 1. The second-order valence-electron chi connectivity index (χ2n) is 17.6. The van der Waals surface area contributed by atoms with Gasteiger partial charge in [-0.25, -0.2) is 0 Å². The Morgan fingerprint density at radius 3 is 1.59 bits per heavy atom. The van der Waals surface area contributed by atoms with Crippen molar-refractivity contribution in [2.24, 2.45) is 0 Å². The van der Waals surface area contributed by atoms with E-state index in [9.17, 15) is 45.6 Å². The van der Waals surface area contributed by atoms with Gasteiger partial charge in [-0.1, -0.05) is 153 Å². The van der Waals surface area contributed by atoms with Gasteiger partial charge in [-0.15, -0.1) is 0 Å². The molecular formula is C49H89NO13. The molecule has 14 nitrogen and oxygen atoms in total. The predicted molar refractivity (Wildman–Crippen MR) is 244 cm³/mol. The van der Waals surface area contributed by atoms with Crippen molar-refractivity contribution in [3.05, 3.63) is 36.5 Å². The molecule has 0 aliphatic carbocycles. The third-order valence-corrected chi connectivity index (χ3v) is 12.1. The molecule has 2 heterocycles. The van der Waals surface area contributed by atoms with Crippen molar-refractivity contribution in [1.29, 1.82) is 0 Å². The first-order chi connectivity index (χ1) is 30.6. The fraction of sp³-hybridized carbons (Fsp3) is 0.857. The molecule has 0 aromatic rings. The van der Waals surface area contributed by atoms with Crippen LogP contribution in [0.15, 0.2) is 36.5 Å². The largest absolute Gasteiger partial charge is 0.394 e.